The molecule has 3 aliphatic rings. The Labute approximate surface area is 163 Å². The number of hydrogen-bond acceptors (Lipinski definition) is 6. The first-order chi connectivity index (χ1) is 13.5. The SMILES string of the molecule is COc1ccc(N2CC34C=CC(O3)C(C(=O)NCC(OC)OC)[C@H]4C2=O)cc1. The third-order valence-electron chi connectivity index (χ3n) is 5.76. The van der Waals surface area contributed by atoms with Crippen LogP contribution in [0.5, 0.6) is 5.75 Å². The molecule has 8 heteroatoms. The minimum Gasteiger partial charge on any atom is -0.497 e. The number of methoxy groups -OCH3 is 3. The van der Waals surface area contributed by atoms with Gasteiger partial charge in [0.1, 0.15) is 11.4 Å². The second-order valence-corrected chi connectivity index (χ2v) is 7.17. The number of anilines is 1. The number of hydrogen-bond donors (Lipinski definition) is 1. The van der Waals surface area contributed by atoms with E-state index in [1.54, 1.807) is 12.0 Å². The lowest BCUT2D eigenvalue weighted by atomic mass is 9.77. The van der Waals surface area contributed by atoms with Gasteiger partial charge in [-0.05, 0) is 24.3 Å². The summed E-state index contributed by atoms with van der Waals surface area (Å²) in [5.41, 5.74) is -0.000915. The summed E-state index contributed by atoms with van der Waals surface area (Å²) >= 11 is 0. The third-order valence-corrected chi connectivity index (χ3v) is 5.76. The number of benzene rings is 1. The molecule has 2 amide bonds. The van der Waals surface area contributed by atoms with Gasteiger partial charge in [0.05, 0.1) is 38.1 Å². The first-order valence-corrected chi connectivity index (χ1v) is 9.19. The van der Waals surface area contributed by atoms with Crippen LogP contribution in [0.3, 0.4) is 0 Å². The lowest BCUT2D eigenvalue weighted by Crippen LogP contribution is -2.46. The second-order valence-electron chi connectivity index (χ2n) is 7.17. The van der Waals surface area contributed by atoms with Crippen molar-refractivity contribution in [3.63, 3.8) is 0 Å². The highest BCUT2D eigenvalue weighted by Crippen LogP contribution is 2.52. The Morgan fingerprint density at radius 2 is 2.00 bits per heavy atom. The smallest absolute Gasteiger partial charge is 0.234 e. The fraction of sp³-hybridized carbons (Fsp3) is 0.500. The van der Waals surface area contributed by atoms with E-state index in [0.717, 1.165) is 5.69 Å². The highest BCUT2D eigenvalue weighted by Gasteiger charge is 2.67. The summed E-state index contributed by atoms with van der Waals surface area (Å²) in [5.74, 6) is -0.741. The molecule has 28 heavy (non-hydrogen) atoms. The molecule has 1 aromatic carbocycles. The van der Waals surface area contributed by atoms with Gasteiger partial charge in [0.15, 0.2) is 6.29 Å². The van der Waals surface area contributed by atoms with Crippen molar-refractivity contribution in [2.45, 2.75) is 18.0 Å². The van der Waals surface area contributed by atoms with Crippen molar-refractivity contribution in [2.24, 2.45) is 11.8 Å². The van der Waals surface area contributed by atoms with Gasteiger partial charge in [-0.2, -0.15) is 0 Å². The normalized spacial score (nSPS) is 30.2. The van der Waals surface area contributed by atoms with Gasteiger partial charge in [0.25, 0.3) is 0 Å². The van der Waals surface area contributed by atoms with E-state index in [9.17, 15) is 9.59 Å². The van der Waals surface area contributed by atoms with E-state index in [1.807, 2.05) is 36.4 Å². The maximum absolute atomic E-state index is 13.2. The molecule has 150 valence electrons. The summed E-state index contributed by atoms with van der Waals surface area (Å²) in [7, 11) is 4.61. The molecule has 3 unspecified atom stereocenters. The van der Waals surface area contributed by atoms with Gasteiger partial charge < -0.3 is 29.2 Å². The predicted octanol–water partition coefficient (Wildman–Crippen LogP) is 0.717. The Hall–Kier alpha value is -2.42. The van der Waals surface area contributed by atoms with E-state index < -0.39 is 29.8 Å². The highest BCUT2D eigenvalue weighted by atomic mass is 16.7. The Morgan fingerprint density at radius 3 is 2.64 bits per heavy atom. The minimum atomic E-state index is -0.758. The van der Waals surface area contributed by atoms with Crippen LogP contribution in [0.4, 0.5) is 5.69 Å². The molecular weight excluding hydrogens is 364 g/mol. The molecule has 2 bridgehead atoms. The molecule has 2 fully saturated rings. The first-order valence-electron chi connectivity index (χ1n) is 9.19. The van der Waals surface area contributed by atoms with Crippen LogP contribution in [0, 0.1) is 11.8 Å². The molecule has 4 atom stereocenters. The highest BCUT2D eigenvalue weighted by molar-refractivity contribution is 6.03. The predicted molar refractivity (Wildman–Crippen MR) is 99.9 cm³/mol. The zero-order chi connectivity index (χ0) is 19.9. The van der Waals surface area contributed by atoms with E-state index in [1.165, 1.54) is 14.2 Å². The van der Waals surface area contributed by atoms with E-state index in [-0.39, 0.29) is 18.4 Å². The first kappa shape index (κ1) is 18.9. The van der Waals surface area contributed by atoms with Crippen molar-refractivity contribution in [2.75, 3.05) is 39.3 Å². The minimum absolute atomic E-state index is 0.104. The second kappa shape index (κ2) is 7.20. The third kappa shape index (κ3) is 2.88. The van der Waals surface area contributed by atoms with Gasteiger partial charge in [0.2, 0.25) is 11.8 Å². The van der Waals surface area contributed by atoms with Crippen LogP contribution in [-0.2, 0) is 23.8 Å². The van der Waals surface area contributed by atoms with Crippen LogP contribution in [0.1, 0.15) is 0 Å². The van der Waals surface area contributed by atoms with Crippen LogP contribution < -0.4 is 15.0 Å². The van der Waals surface area contributed by atoms with Gasteiger partial charge in [-0.3, -0.25) is 9.59 Å². The number of fused-ring (bicyclic) bond motifs is 1. The maximum Gasteiger partial charge on any atom is 0.234 e. The number of carbonyl (C=O) groups is 2. The molecule has 1 spiro atoms. The van der Waals surface area contributed by atoms with Crippen molar-refractivity contribution in [1.29, 1.82) is 0 Å². The van der Waals surface area contributed by atoms with Crippen molar-refractivity contribution in [3.05, 3.63) is 36.4 Å². The molecule has 3 heterocycles. The largest absolute Gasteiger partial charge is 0.497 e. The number of nitrogens with one attached hydrogen (secondary N) is 1. The van der Waals surface area contributed by atoms with E-state index in [0.29, 0.717) is 12.3 Å². The molecule has 0 radical (unpaired) electrons. The van der Waals surface area contributed by atoms with E-state index in [2.05, 4.69) is 5.32 Å². The maximum atomic E-state index is 13.2. The molecule has 1 N–H and O–H groups in total. The van der Waals surface area contributed by atoms with Crippen molar-refractivity contribution in [3.8, 4) is 5.75 Å². The molecule has 2 saturated heterocycles. The van der Waals surface area contributed by atoms with Crippen molar-refractivity contribution in [1.82, 2.24) is 5.32 Å². The Kier molecular flexibility index (Phi) is 4.86. The molecule has 1 aromatic rings. The van der Waals surface area contributed by atoms with Crippen molar-refractivity contribution < 1.29 is 28.5 Å². The van der Waals surface area contributed by atoms with E-state index >= 15 is 0 Å². The number of nitrogens with zero attached hydrogens (tertiary/aromatic N) is 1. The van der Waals surface area contributed by atoms with Crippen LogP contribution in [0.15, 0.2) is 36.4 Å². The number of rotatable bonds is 7. The molecule has 3 aliphatic heterocycles. The monoisotopic (exact) mass is 388 g/mol. The van der Waals surface area contributed by atoms with Crippen LogP contribution in [0.2, 0.25) is 0 Å². The number of ether oxygens (including phenoxy) is 4. The number of amides is 2. The van der Waals surface area contributed by atoms with Gasteiger partial charge in [0, 0.05) is 19.9 Å². The molecule has 0 aliphatic carbocycles. The van der Waals surface area contributed by atoms with Gasteiger partial charge in [-0.1, -0.05) is 12.2 Å². The summed E-state index contributed by atoms with van der Waals surface area (Å²) in [4.78, 5) is 27.8. The average molecular weight is 388 g/mol. The Balaban J connectivity index is 1.54. The Bertz CT molecular complexity index is 790. The van der Waals surface area contributed by atoms with E-state index in [4.69, 9.17) is 18.9 Å². The van der Waals surface area contributed by atoms with Gasteiger partial charge in [-0.15, -0.1) is 0 Å². The standard InChI is InChI=1S/C20H24N2O6/c1-25-13-6-4-12(5-7-13)22-11-20-9-8-14(28-20)16(17(20)19(22)24)18(23)21-10-15(26-2)27-3/h4-9,14-17H,10-11H2,1-3H3,(H,21,23)/t14?,16?,17-,20?/m0/s1. The van der Waals surface area contributed by atoms with Gasteiger partial charge in [-0.25, -0.2) is 0 Å². The summed E-state index contributed by atoms with van der Waals surface area (Å²) in [6.07, 6.45) is 2.88. The van der Waals surface area contributed by atoms with Gasteiger partial charge >= 0.3 is 0 Å². The van der Waals surface area contributed by atoms with Crippen LogP contribution in [-0.4, -0.2) is 64.2 Å². The lowest BCUT2D eigenvalue weighted by molar-refractivity contribution is -0.135. The molecular formula is C20H24N2O6. The summed E-state index contributed by atoms with van der Waals surface area (Å²) in [5, 5.41) is 2.82. The zero-order valence-electron chi connectivity index (χ0n) is 16.1. The Morgan fingerprint density at radius 1 is 1.29 bits per heavy atom. The fourth-order valence-corrected chi connectivity index (χ4v) is 4.34. The number of carbonyl (C=O) groups excluding carboxylic acids is 2. The molecule has 0 aromatic heterocycles. The quantitative estimate of drug-likeness (QED) is 0.547. The molecule has 0 saturated carbocycles. The fourth-order valence-electron chi connectivity index (χ4n) is 4.34. The van der Waals surface area contributed by atoms with Crippen LogP contribution in [0.25, 0.3) is 0 Å². The summed E-state index contributed by atoms with van der Waals surface area (Å²) < 4.78 is 21.5. The van der Waals surface area contributed by atoms with Crippen LogP contribution >= 0.6 is 0 Å². The summed E-state index contributed by atoms with van der Waals surface area (Å²) in [6, 6.07) is 7.29. The molecule has 4 rings (SSSR count). The average Bonchev–Trinajstić information content (AvgIpc) is 3.37. The van der Waals surface area contributed by atoms with Crippen molar-refractivity contribution >= 4 is 17.5 Å². The lowest BCUT2D eigenvalue weighted by Gasteiger charge is -2.24. The molecule has 8 nitrogen and oxygen atoms in total. The zero-order valence-corrected chi connectivity index (χ0v) is 16.1. The topological polar surface area (TPSA) is 86.3 Å². The summed E-state index contributed by atoms with van der Waals surface area (Å²) in [6.45, 7) is 0.591.